The molecule has 1 aromatic rings. The fraction of sp³-hybridized carbons (Fsp3) is 0.333. The van der Waals surface area contributed by atoms with Crippen LogP contribution in [0, 0.1) is 45.3 Å². The van der Waals surface area contributed by atoms with Crippen LogP contribution in [0.4, 0.5) is 4.79 Å². The van der Waals surface area contributed by atoms with Gasteiger partial charge in [-0.2, -0.15) is 15.8 Å². The van der Waals surface area contributed by atoms with Crippen molar-refractivity contribution >= 4 is 6.09 Å². The molecule has 8 nitrogen and oxygen atoms in total. The maximum absolute atomic E-state index is 12.3. The number of nitrogens with zero attached hydrogens (tertiary/aromatic N) is 4. The van der Waals surface area contributed by atoms with Crippen molar-refractivity contribution in [2.24, 2.45) is 17.1 Å². The Balaban J connectivity index is 2.24. The Morgan fingerprint density at radius 1 is 1.38 bits per heavy atom. The monoisotopic (exact) mass is 389 g/mol. The number of carbonyl (C=O) groups is 1. The summed E-state index contributed by atoms with van der Waals surface area (Å²) in [4.78, 5) is 13.8. The third-order valence-electron chi connectivity index (χ3n) is 5.42. The summed E-state index contributed by atoms with van der Waals surface area (Å²) in [5.41, 5.74) is 5.50. The van der Waals surface area contributed by atoms with E-state index in [1.54, 1.807) is 25.1 Å². The number of carbonyl (C=O) groups excluding carboxylic acids is 1. The second-order valence-corrected chi connectivity index (χ2v) is 6.87. The third-order valence-corrected chi connectivity index (χ3v) is 5.42. The van der Waals surface area contributed by atoms with Crippen molar-refractivity contribution in [1.29, 1.82) is 15.8 Å². The van der Waals surface area contributed by atoms with Gasteiger partial charge < -0.3 is 20.5 Å². The summed E-state index contributed by atoms with van der Waals surface area (Å²) in [6.07, 6.45) is 1.20. The van der Waals surface area contributed by atoms with Gasteiger partial charge in [0.1, 0.15) is 11.8 Å². The highest BCUT2D eigenvalue weighted by Crippen LogP contribution is 2.54. The average molecular weight is 389 g/mol. The molecule has 1 heterocycles. The van der Waals surface area contributed by atoms with Gasteiger partial charge in [-0.25, -0.2) is 4.79 Å². The number of fused-ring (bicyclic) bond motifs is 1. The zero-order chi connectivity index (χ0) is 21.2. The molecule has 8 heteroatoms. The fourth-order valence-electron chi connectivity index (χ4n) is 4.14. The summed E-state index contributed by atoms with van der Waals surface area (Å²) in [5, 5.41) is 39.6. The van der Waals surface area contributed by atoms with Gasteiger partial charge in [-0.3, -0.25) is 0 Å². The molecule has 0 unspecified atom stereocenters. The van der Waals surface area contributed by atoms with Crippen molar-refractivity contribution in [2.45, 2.75) is 12.8 Å². The van der Waals surface area contributed by atoms with Crippen molar-refractivity contribution in [3.8, 4) is 24.0 Å². The zero-order valence-corrected chi connectivity index (χ0v) is 15.8. The number of nitriles is 3. The number of hydrogen-bond acceptors (Lipinski definition) is 7. The summed E-state index contributed by atoms with van der Waals surface area (Å²) in [5.74, 6) is -1.36. The van der Waals surface area contributed by atoms with Crippen LogP contribution < -0.4 is 5.73 Å². The molecule has 1 aliphatic heterocycles. The quantitative estimate of drug-likeness (QED) is 0.788. The molecule has 0 fully saturated rings. The van der Waals surface area contributed by atoms with Crippen molar-refractivity contribution in [3.05, 3.63) is 52.7 Å². The van der Waals surface area contributed by atoms with Gasteiger partial charge in [0.15, 0.2) is 5.41 Å². The van der Waals surface area contributed by atoms with Gasteiger partial charge in [-0.05, 0) is 30.2 Å². The van der Waals surface area contributed by atoms with Crippen molar-refractivity contribution in [1.82, 2.24) is 4.90 Å². The largest absolute Gasteiger partial charge is 0.508 e. The molecule has 1 amide bonds. The van der Waals surface area contributed by atoms with E-state index in [-0.39, 0.29) is 36.7 Å². The number of hydrogen-bond donors (Lipinski definition) is 2. The van der Waals surface area contributed by atoms with Gasteiger partial charge in [-0.1, -0.05) is 18.2 Å². The van der Waals surface area contributed by atoms with E-state index < -0.39 is 23.3 Å². The average Bonchev–Trinajstić information content (AvgIpc) is 2.73. The van der Waals surface area contributed by atoms with E-state index in [9.17, 15) is 25.7 Å². The highest BCUT2D eigenvalue weighted by Gasteiger charge is 2.54. The van der Waals surface area contributed by atoms with E-state index in [1.165, 1.54) is 17.0 Å². The first-order valence-corrected chi connectivity index (χ1v) is 9.07. The molecule has 0 radical (unpaired) electrons. The molecule has 2 aliphatic rings. The molecular formula is C21H19N5O3. The van der Waals surface area contributed by atoms with E-state index >= 15 is 0 Å². The number of allylic oxidation sites excluding steroid dienone is 2. The molecule has 29 heavy (non-hydrogen) atoms. The summed E-state index contributed by atoms with van der Waals surface area (Å²) in [6, 6.07) is 12.3. The van der Waals surface area contributed by atoms with Crippen molar-refractivity contribution in [2.75, 3.05) is 19.7 Å². The number of nitrogens with two attached hydrogens (primary N) is 1. The zero-order valence-electron chi connectivity index (χ0n) is 15.8. The maximum atomic E-state index is 12.3. The van der Waals surface area contributed by atoms with Crippen LogP contribution in [0.2, 0.25) is 0 Å². The van der Waals surface area contributed by atoms with Crippen LogP contribution in [0.15, 0.2) is 47.2 Å². The highest BCUT2D eigenvalue weighted by atomic mass is 16.6. The molecule has 0 aromatic heterocycles. The number of benzene rings is 1. The maximum Gasteiger partial charge on any atom is 0.410 e. The van der Waals surface area contributed by atoms with Crippen LogP contribution in [-0.2, 0) is 4.74 Å². The third kappa shape index (κ3) is 3.03. The lowest BCUT2D eigenvalue weighted by molar-refractivity contribution is 0.0999. The van der Waals surface area contributed by atoms with Crippen LogP contribution in [0.5, 0.6) is 5.75 Å². The second-order valence-electron chi connectivity index (χ2n) is 6.87. The number of rotatable bonds is 2. The number of ether oxygens (including phenoxy) is 1. The minimum Gasteiger partial charge on any atom is -0.508 e. The van der Waals surface area contributed by atoms with Crippen LogP contribution in [0.3, 0.4) is 0 Å². The summed E-state index contributed by atoms with van der Waals surface area (Å²) < 4.78 is 5.09. The molecule has 1 aliphatic carbocycles. The lowest BCUT2D eigenvalue weighted by Crippen LogP contribution is -2.49. The molecule has 3 N–H and O–H groups in total. The molecule has 3 rings (SSSR count). The van der Waals surface area contributed by atoms with Crippen LogP contribution in [-0.4, -0.2) is 35.8 Å². The Hall–Kier alpha value is -3.96. The Bertz CT molecular complexity index is 1020. The molecule has 2 atom stereocenters. The number of amides is 1. The van der Waals surface area contributed by atoms with Gasteiger partial charge in [0.2, 0.25) is 0 Å². The normalized spacial score (nSPS) is 22.4. The molecular weight excluding hydrogens is 370 g/mol. The van der Waals surface area contributed by atoms with Crippen LogP contribution in [0.25, 0.3) is 0 Å². The molecule has 0 saturated carbocycles. The number of phenolic OH excluding ortho intramolecular Hbond substituents is 1. The minimum atomic E-state index is -1.82. The predicted molar refractivity (Wildman–Crippen MR) is 102 cm³/mol. The first-order chi connectivity index (χ1) is 13.9. The SMILES string of the molecule is CCOC(=O)N1CC=C2C(C#N)=C(N)C(C#N)(C#N)[C@H](c3cccc(O)c3)[C@H]2C1. The molecule has 0 saturated heterocycles. The van der Waals surface area contributed by atoms with E-state index in [0.717, 1.165) is 0 Å². The van der Waals surface area contributed by atoms with E-state index in [1.807, 2.05) is 18.2 Å². The fourth-order valence-corrected chi connectivity index (χ4v) is 4.14. The predicted octanol–water partition coefficient (Wildman–Crippen LogP) is 2.27. The smallest absolute Gasteiger partial charge is 0.410 e. The minimum absolute atomic E-state index is 0.0236. The first kappa shape index (κ1) is 19.8. The van der Waals surface area contributed by atoms with E-state index in [2.05, 4.69) is 0 Å². The van der Waals surface area contributed by atoms with Gasteiger partial charge in [0.05, 0.1) is 30.0 Å². The Labute approximate surface area is 168 Å². The Kier molecular flexibility index (Phi) is 5.17. The first-order valence-electron chi connectivity index (χ1n) is 9.07. The standard InChI is InChI=1S/C21H19N5O3/c1-2-29-20(28)26-7-6-15-16(9-22)19(25)21(11-23,12-24)18(17(15)10-26)13-4-3-5-14(27)8-13/h3-6,8,17-18,27H,2,7,10,25H2,1H3/t17-,18+/m0/s1. The molecule has 146 valence electrons. The van der Waals surface area contributed by atoms with Crippen molar-refractivity contribution < 1.29 is 14.6 Å². The van der Waals surface area contributed by atoms with E-state index in [0.29, 0.717) is 11.1 Å². The highest BCUT2D eigenvalue weighted by molar-refractivity contribution is 5.69. The summed E-state index contributed by atoms with van der Waals surface area (Å²) in [6.45, 7) is 2.28. The van der Waals surface area contributed by atoms with Gasteiger partial charge in [0, 0.05) is 24.9 Å². The summed E-state index contributed by atoms with van der Waals surface area (Å²) >= 11 is 0. The Morgan fingerprint density at radius 3 is 2.69 bits per heavy atom. The topological polar surface area (TPSA) is 147 Å². The number of phenols is 1. The molecule has 1 aromatic carbocycles. The lowest BCUT2D eigenvalue weighted by Gasteiger charge is -2.45. The lowest BCUT2D eigenvalue weighted by atomic mass is 9.58. The van der Waals surface area contributed by atoms with E-state index in [4.69, 9.17) is 10.5 Å². The Morgan fingerprint density at radius 2 is 2.10 bits per heavy atom. The molecule has 0 bridgehead atoms. The van der Waals surface area contributed by atoms with Crippen LogP contribution in [0.1, 0.15) is 18.4 Å². The second kappa shape index (κ2) is 7.58. The van der Waals surface area contributed by atoms with Crippen molar-refractivity contribution in [3.63, 3.8) is 0 Å². The van der Waals surface area contributed by atoms with Gasteiger partial charge >= 0.3 is 6.09 Å². The van der Waals surface area contributed by atoms with Gasteiger partial charge in [0.25, 0.3) is 0 Å². The summed E-state index contributed by atoms with van der Waals surface area (Å²) in [7, 11) is 0. The van der Waals surface area contributed by atoms with Gasteiger partial charge in [-0.15, -0.1) is 0 Å². The number of aromatic hydroxyl groups is 1. The van der Waals surface area contributed by atoms with Crippen LogP contribution >= 0.6 is 0 Å². The molecule has 0 spiro atoms.